The zero-order chi connectivity index (χ0) is 15.2. The third-order valence-corrected chi connectivity index (χ3v) is 2.63. The van der Waals surface area contributed by atoms with Crippen molar-refractivity contribution in [3.63, 3.8) is 0 Å². The van der Waals surface area contributed by atoms with Crippen LogP contribution in [-0.4, -0.2) is 35.2 Å². The Morgan fingerprint density at radius 1 is 1.40 bits per heavy atom. The molecule has 0 bridgehead atoms. The van der Waals surface area contributed by atoms with Crippen LogP contribution in [0, 0.1) is 0 Å². The predicted molar refractivity (Wildman–Crippen MR) is 70.1 cm³/mol. The molecule has 0 amide bonds. The molecule has 0 atom stereocenters. The van der Waals surface area contributed by atoms with Gasteiger partial charge in [0.2, 0.25) is 0 Å². The standard InChI is InChI=1S/C14H16F3NO2/c1-2-18(10-14(15,16)17)9-12-5-3-4-11(8-12)6-7-13(19)20/h3-8H,2,9-10H2,1H3,(H,19,20). The molecule has 0 aliphatic carbocycles. The number of hydrogen-bond acceptors (Lipinski definition) is 2. The number of carbonyl (C=O) groups is 1. The van der Waals surface area contributed by atoms with Gasteiger partial charge in [0.1, 0.15) is 0 Å². The van der Waals surface area contributed by atoms with Crippen molar-refractivity contribution >= 4 is 12.0 Å². The van der Waals surface area contributed by atoms with Crippen LogP contribution >= 0.6 is 0 Å². The molecule has 0 heterocycles. The number of nitrogens with zero attached hydrogens (tertiary/aromatic N) is 1. The van der Waals surface area contributed by atoms with Gasteiger partial charge < -0.3 is 5.11 Å². The summed E-state index contributed by atoms with van der Waals surface area (Å²) in [6.07, 6.45) is -1.82. The molecule has 0 spiro atoms. The highest BCUT2D eigenvalue weighted by Gasteiger charge is 2.29. The summed E-state index contributed by atoms with van der Waals surface area (Å²) in [5.41, 5.74) is 1.36. The number of halogens is 3. The molecule has 0 aliphatic heterocycles. The summed E-state index contributed by atoms with van der Waals surface area (Å²) in [7, 11) is 0. The van der Waals surface area contributed by atoms with E-state index in [0.29, 0.717) is 11.1 Å². The summed E-state index contributed by atoms with van der Waals surface area (Å²) in [4.78, 5) is 11.7. The van der Waals surface area contributed by atoms with Crippen LogP contribution in [-0.2, 0) is 11.3 Å². The minimum Gasteiger partial charge on any atom is -0.478 e. The molecule has 1 N–H and O–H groups in total. The first-order valence-corrected chi connectivity index (χ1v) is 6.09. The smallest absolute Gasteiger partial charge is 0.401 e. The Labute approximate surface area is 115 Å². The van der Waals surface area contributed by atoms with Crippen LogP contribution in [0.2, 0.25) is 0 Å². The van der Waals surface area contributed by atoms with E-state index in [-0.39, 0.29) is 13.1 Å². The summed E-state index contributed by atoms with van der Waals surface area (Å²) in [5, 5.41) is 8.54. The summed E-state index contributed by atoms with van der Waals surface area (Å²) < 4.78 is 37.1. The molecule has 1 aromatic carbocycles. The Bertz CT molecular complexity index is 484. The minimum atomic E-state index is -4.23. The van der Waals surface area contributed by atoms with Gasteiger partial charge in [-0.2, -0.15) is 13.2 Å². The summed E-state index contributed by atoms with van der Waals surface area (Å²) in [5.74, 6) is -1.07. The maximum absolute atomic E-state index is 12.4. The van der Waals surface area contributed by atoms with Crippen LogP contribution in [0.4, 0.5) is 13.2 Å². The summed E-state index contributed by atoms with van der Waals surface area (Å²) >= 11 is 0. The van der Waals surface area contributed by atoms with Crippen molar-refractivity contribution in [3.05, 3.63) is 41.5 Å². The van der Waals surface area contributed by atoms with Crippen molar-refractivity contribution < 1.29 is 23.1 Å². The summed E-state index contributed by atoms with van der Waals surface area (Å²) in [6, 6.07) is 6.79. The van der Waals surface area contributed by atoms with Crippen molar-refractivity contribution in [3.8, 4) is 0 Å². The molecule has 0 saturated carbocycles. The lowest BCUT2D eigenvalue weighted by atomic mass is 10.1. The van der Waals surface area contributed by atoms with Gasteiger partial charge in [-0.15, -0.1) is 0 Å². The van der Waals surface area contributed by atoms with E-state index in [9.17, 15) is 18.0 Å². The van der Waals surface area contributed by atoms with Gasteiger partial charge in [0.05, 0.1) is 6.54 Å². The zero-order valence-electron chi connectivity index (χ0n) is 11.0. The first kappa shape index (κ1) is 16.2. The summed E-state index contributed by atoms with van der Waals surface area (Å²) in [6.45, 7) is 1.16. The van der Waals surface area contributed by atoms with Crippen molar-refractivity contribution in [2.24, 2.45) is 0 Å². The van der Waals surface area contributed by atoms with Gasteiger partial charge in [-0.3, -0.25) is 4.90 Å². The fourth-order valence-corrected chi connectivity index (χ4v) is 1.75. The Balaban J connectivity index is 2.76. The molecule has 0 fully saturated rings. The molecule has 6 heteroatoms. The fourth-order valence-electron chi connectivity index (χ4n) is 1.75. The van der Waals surface area contributed by atoms with Crippen LogP contribution in [0.1, 0.15) is 18.1 Å². The van der Waals surface area contributed by atoms with Crippen molar-refractivity contribution in [2.45, 2.75) is 19.6 Å². The van der Waals surface area contributed by atoms with E-state index in [1.807, 2.05) is 0 Å². The van der Waals surface area contributed by atoms with Gasteiger partial charge in [-0.05, 0) is 23.7 Å². The van der Waals surface area contributed by atoms with Crippen LogP contribution in [0.25, 0.3) is 6.08 Å². The van der Waals surface area contributed by atoms with E-state index in [0.717, 1.165) is 6.08 Å². The molecule has 110 valence electrons. The van der Waals surface area contributed by atoms with Crippen LogP contribution < -0.4 is 0 Å². The topological polar surface area (TPSA) is 40.5 Å². The quantitative estimate of drug-likeness (QED) is 0.817. The van der Waals surface area contributed by atoms with Crippen molar-refractivity contribution in [2.75, 3.05) is 13.1 Å². The second kappa shape index (κ2) is 7.09. The maximum Gasteiger partial charge on any atom is 0.401 e. The molecule has 0 aromatic heterocycles. The molecule has 0 aliphatic rings. The van der Waals surface area contributed by atoms with E-state index < -0.39 is 18.7 Å². The Hall–Kier alpha value is -1.82. The second-order valence-corrected chi connectivity index (χ2v) is 4.34. The van der Waals surface area contributed by atoms with E-state index in [4.69, 9.17) is 5.11 Å². The average molecular weight is 287 g/mol. The number of carboxylic acid groups (broad SMARTS) is 1. The van der Waals surface area contributed by atoms with Gasteiger partial charge >= 0.3 is 12.1 Å². The maximum atomic E-state index is 12.4. The molecule has 20 heavy (non-hydrogen) atoms. The van der Waals surface area contributed by atoms with E-state index in [1.54, 1.807) is 31.2 Å². The lowest BCUT2D eigenvalue weighted by Crippen LogP contribution is -2.33. The molecular weight excluding hydrogens is 271 g/mol. The number of aliphatic carboxylic acids is 1. The van der Waals surface area contributed by atoms with Gasteiger partial charge in [-0.25, -0.2) is 4.79 Å². The third-order valence-electron chi connectivity index (χ3n) is 2.63. The molecule has 0 radical (unpaired) electrons. The molecule has 0 unspecified atom stereocenters. The van der Waals surface area contributed by atoms with Crippen LogP contribution in [0.5, 0.6) is 0 Å². The highest BCUT2D eigenvalue weighted by molar-refractivity contribution is 5.85. The Kier molecular flexibility index (Phi) is 5.76. The normalized spacial score (nSPS) is 12.2. The zero-order valence-corrected chi connectivity index (χ0v) is 11.0. The monoisotopic (exact) mass is 287 g/mol. The number of alkyl halides is 3. The third kappa shape index (κ3) is 6.38. The molecular formula is C14H16F3NO2. The lowest BCUT2D eigenvalue weighted by Gasteiger charge is -2.22. The Morgan fingerprint density at radius 2 is 2.10 bits per heavy atom. The lowest BCUT2D eigenvalue weighted by molar-refractivity contribution is -0.146. The van der Waals surface area contributed by atoms with E-state index >= 15 is 0 Å². The van der Waals surface area contributed by atoms with Gasteiger partial charge in [0.15, 0.2) is 0 Å². The Morgan fingerprint density at radius 3 is 2.65 bits per heavy atom. The predicted octanol–water partition coefficient (Wildman–Crippen LogP) is 3.17. The molecule has 1 rings (SSSR count). The highest BCUT2D eigenvalue weighted by Crippen LogP contribution is 2.18. The fraction of sp³-hybridized carbons (Fsp3) is 0.357. The highest BCUT2D eigenvalue weighted by atomic mass is 19.4. The van der Waals surface area contributed by atoms with E-state index in [1.165, 1.54) is 11.0 Å². The first-order valence-electron chi connectivity index (χ1n) is 6.09. The van der Waals surface area contributed by atoms with Gasteiger partial charge in [0, 0.05) is 12.6 Å². The van der Waals surface area contributed by atoms with E-state index in [2.05, 4.69) is 0 Å². The SMILES string of the molecule is CCN(Cc1cccc(C=CC(=O)O)c1)CC(F)(F)F. The number of rotatable bonds is 6. The molecule has 1 aromatic rings. The average Bonchev–Trinajstić information content (AvgIpc) is 2.34. The molecule has 0 saturated heterocycles. The van der Waals surface area contributed by atoms with Crippen LogP contribution in [0.15, 0.2) is 30.3 Å². The van der Waals surface area contributed by atoms with Crippen molar-refractivity contribution in [1.29, 1.82) is 0 Å². The van der Waals surface area contributed by atoms with Crippen LogP contribution in [0.3, 0.4) is 0 Å². The minimum absolute atomic E-state index is 0.171. The largest absolute Gasteiger partial charge is 0.478 e. The van der Waals surface area contributed by atoms with Gasteiger partial charge in [-0.1, -0.05) is 31.2 Å². The first-order chi connectivity index (χ1) is 9.30. The van der Waals surface area contributed by atoms with Gasteiger partial charge in [0.25, 0.3) is 0 Å². The molecule has 3 nitrogen and oxygen atoms in total. The van der Waals surface area contributed by atoms with Crippen molar-refractivity contribution in [1.82, 2.24) is 4.90 Å². The number of benzene rings is 1. The number of hydrogen-bond donors (Lipinski definition) is 1. The second-order valence-electron chi connectivity index (χ2n) is 4.34. The number of carboxylic acids is 1.